The molecule has 2 aromatic heterocycles. The number of ether oxygens (including phenoxy) is 1. The van der Waals surface area contributed by atoms with Crippen LogP contribution in [0.3, 0.4) is 0 Å². The largest absolute Gasteiger partial charge is 0.381 e. The normalized spacial score (nSPS) is 17.2. The quantitative estimate of drug-likeness (QED) is 0.717. The van der Waals surface area contributed by atoms with Crippen LogP contribution in [0, 0.1) is 0 Å². The zero-order valence-electron chi connectivity index (χ0n) is 16.1. The Labute approximate surface area is 165 Å². The van der Waals surface area contributed by atoms with Crippen LogP contribution in [0.4, 0.5) is 0 Å². The first-order valence-corrected chi connectivity index (χ1v) is 9.71. The molecule has 3 heterocycles. The number of carbonyl (C=O) groups excluding carboxylic acids is 1. The van der Waals surface area contributed by atoms with Crippen molar-refractivity contribution >= 4 is 5.91 Å². The summed E-state index contributed by atoms with van der Waals surface area (Å²) < 4.78 is 9.70. The number of benzene rings is 1. The molecule has 1 aromatic carbocycles. The fourth-order valence-electron chi connectivity index (χ4n) is 4.04. The highest BCUT2D eigenvalue weighted by molar-refractivity contribution is 5.78. The lowest BCUT2D eigenvalue weighted by Crippen LogP contribution is -2.44. The maximum atomic E-state index is 13.2. The van der Waals surface area contributed by atoms with Crippen LogP contribution in [-0.2, 0) is 22.1 Å². The number of nitrogens with one attached hydrogen (secondary N) is 1. The topological polar surface area (TPSA) is 61.1 Å². The Kier molecular flexibility index (Phi) is 5.30. The highest BCUT2D eigenvalue weighted by Crippen LogP contribution is 2.33. The predicted octanol–water partition coefficient (Wildman–Crippen LogP) is 3.02. The van der Waals surface area contributed by atoms with Gasteiger partial charge in [0, 0.05) is 45.0 Å². The van der Waals surface area contributed by atoms with E-state index < -0.39 is 0 Å². The van der Waals surface area contributed by atoms with Crippen LogP contribution in [0.25, 0.3) is 0 Å². The van der Waals surface area contributed by atoms with Gasteiger partial charge in [-0.2, -0.15) is 0 Å². The minimum absolute atomic E-state index is 0.0208. The second-order valence-electron chi connectivity index (χ2n) is 7.41. The van der Waals surface area contributed by atoms with E-state index in [-0.39, 0.29) is 17.5 Å². The number of carbonyl (C=O) groups is 1. The molecule has 146 valence electrons. The Morgan fingerprint density at radius 2 is 1.86 bits per heavy atom. The molecule has 3 aromatic rings. The summed E-state index contributed by atoms with van der Waals surface area (Å²) in [6, 6.07) is 13.7. The molecule has 1 aliphatic rings. The standard InChI is InChI=1S/C22H26N4O2/c1-25-14-11-23-21(25)20(18-7-3-2-4-8-18)24-19(27)17-22(9-15-28-16-10-22)26-12-5-6-13-26/h2-8,11-14,20H,9-10,15-17H2,1H3,(H,24,27). The van der Waals surface area contributed by atoms with Crippen LogP contribution < -0.4 is 5.32 Å². The van der Waals surface area contributed by atoms with Crippen LogP contribution >= 0.6 is 0 Å². The molecule has 0 bridgehead atoms. The smallest absolute Gasteiger partial charge is 0.223 e. The van der Waals surface area contributed by atoms with Crippen molar-refractivity contribution in [2.45, 2.75) is 30.8 Å². The Balaban J connectivity index is 1.58. The van der Waals surface area contributed by atoms with Gasteiger partial charge in [0.25, 0.3) is 0 Å². The van der Waals surface area contributed by atoms with Crippen molar-refractivity contribution in [1.29, 1.82) is 0 Å². The number of aryl methyl sites for hydroxylation is 1. The van der Waals surface area contributed by atoms with Gasteiger partial charge in [-0.3, -0.25) is 4.79 Å². The van der Waals surface area contributed by atoms with E-state index in [0.29, 0.717) is 19.6 Å². The molecule has 1 saturated heterocycles. The monoisotopic (exact) mass is 378 g/mol. The van der Waals surface area contributed by atoms with Crippen LogP contribution in [0.2, 0.25) is 0 Å². The summed E-state index contributed by atoms with van der Waals surface area (Å²) in [6.07, 6.45) is 9.83. The molecule has 1 N–H and O–H groups in total. The molecule has 1 aliphatic heterocycles. The van der Waals surface area contributed by atoms with Crippen molar-refractivity contribution in [3.8, 4) is 0 Å². The first kappa shape index (κ1) is 18.5. The number of nitrogens with zero attached hydrogens (tertiary/aromatic N) is 3. The molecule has 28 heavy (non-hydrogen) atoms. The fourth-order valence-corrected chi connectivity index (χ4v) is 4.04. The Morgan fingerprint density at radius 1 is 1.14 bits per heavy atom. The van der Waals surface area contributed by atoms with Crippen molar-refractivity contribution in [3.63, 3.8) is 0 Å². The highest BCUT2D eigenvalue weighted by atomic mass is 16.5. The molecule has 0 saturated carbocycles. The predicted molar refractivity (Wildman–Crippen MR) is 107 cm³/mol. The first-order chi connectivity index (χ1) is 13.7. The van der Waals surface area contributed by atoms with Gasteiger partial charge < -0.3 is 19.2 Å². The van der Waals surface area contributed by atoms with E-state index in [1.165, 1.54) is 0 Å². The molecular formula is C22H26N4O2. The van der Waals surface area contributed by atoms with Crippen LogP contribution in [0.5, 0.6) is 0 Å². The van der Waals surface area contributed by atoms with Crippen LogP contribution in [-0.4, -0.2) is 33.2 Å². The number of amides is 1. The van der Waals surface area contributed by atoms with Gasteiger partial charge in [0.1, 0.15) is 11.9 Å². The summed E-state index contributed by atoms with van der Waals surface area (Å²) in [6.45, 7) is 1.35. The lowest BCUT2D eigenvalue weighted by Gasteiger charge is -2.38. The van der Waals surface area contributed by atoms with Gasteiger partial charge >= 0.3 is 0 Å². The summed E-state index contributed by atoms with van der Waals surface area (Å²) in [5.74, 6) is 0.842. The molecule has 0 spiro atoms. The summed E-state index contributed by atoms with van der Waals surface area (Å²) in [5.41, 5.74) is 0.779. The molecule has 6 nitrogen and oxygen atoms in total. The zero-order valence-corrected chi connectivity index (χ0v) is 16.1. The van der Waals surface area contributed by atoms with Crippen molar-refractivity contribution in [1.82, 2.24) is 19.4 Å². The third-order valence-corrected chi connectivity index (χ3v) is 5.62. The summed E-state index contributed by atoms with van der Waals surface area (Å²) in [5, 5.41) is 3.23. The molecular weight excluding hydrogens is 352 g/mol. The van der Waals surface area contributed by atoms with E-state index in [1.54, 1.807) is 6.20 Å². The Hall–Kier alpha value is -2.86. The van der Waals surface area contributed by atoms with Gasteiger partial charge in [-0.1, -0.05) is 30.3 Å². The second kappa shape index (κ2) is 8.02. The molecule has 1 amide bonds. The van der Waals surface area contributed by atoms with Gasteiger partial charge in [-0.25, -0.2) is 4.98 Å². The van der Waals surface area contributed by atoms with Crippen molar-refractivity contribution < 1.29 is 9.53 Å². The van der Waals surface area contributed by atoms with E-state index >= 15 is 0 Å². The minimum atomic E-state index is -0.282. The van der Waals surface area contributed by atoms with Crippen LogP contribution in [0.1, 0.15) is 36.7 Å². The van der Waals surface area contributed by atoms with Crippen molar-refractivity contribution in [2.75, 3.05) is 13.2 Å². The Bertz CT molecular complexity index is 896. The van der Waals surface area contributed by atoms with Gasteiger partial charge in [0.2, 0.25) is 5.91 Å². The van der Waals surface area contributed by atoms with Gasteiger partial charge in [-0.15, -0.1) is 0 Å². The number of hydrogen-bond donors (Lipinski definition) is 1. The number of imidazole rings is 1. The average molecular weight is 378 g/mol. The van der Waals surface area contributed by atoms with Crippen molar-refractivity contribution in [2.24, 2.45) is 7.05 Å². The molecule has 6 heteroatoms. The number of aromatic nitrogens is 3. The maximum Gasteiger partial charge on any atom is 0.223 e. The average Bonchev–Trinajstić information content (AvgIpc) is 3.40. The lowest BCUT2D eigenvalue weighted by molar-refractivity contribution is -0.125. The fraction of sp³-hybridized carbons (Fsp3) is 0.364. The first-order valence-electron chi connectivity index (χ1n) is 9.71. The number of rotatable bonds is 6. The van der Waals surface area contributed by atoms with E-state index in [2.05, 4.69) is 14.9 Å². The van der Waals surface area contributed by atoms with E-state index in [1.807, 2.05) is 72.7 Å². The van der Waals surface area contributed by atoms with Crippen LogP contribution in [0.15, 0.2) is 67.3 Å². The third kappa shape index (κ3) is 3.73. The minimum Gasteiger partial charge on any atom is -0.381 e. The van der Waals surface area contributed by atoms with Gasteiger partial charge in [0.15, 0.2) is 0 Å². The molecule has 0 radical (unpaired) electrons. The second-order valence-corrected chi connectivity index (χ2v) is 7.41. The SMILES string of the molecule is Cn1ccnc1C(NC(=O)CC1(n2cccc2)CCOCC1)c1ccccc1. The molecule has 1 fully saturated rings. The third-order valence-electron chi connectivity index (χ3n) is 5.62. The maximum absolute atomic E-state index is 13.2. The Morgan fingerprint density at radius 3 is 2.50 bits per heavy atom. The van der Waals surface area contributed by atoms with Crippen molar-refractivity contribution in [3.05, 3.63) is 78.6 Å². The van der Waals surface area contributed by atoms with E-state index in [9.17, 15) is 4.79 Å². The molecule has 1 atom stereocenters. The summed E-state index contributed by atoms with van der Waals surface area (Å²) in [7, 11) is 1.95. The van der Waals surface area contributed by atoms with Gasteiger partial charge in [0.05, 0.1) is 12.0 Å². The molecule has 1 unspecified atom stereocenters. The summed E-state index contributed by atoms with van der Waals surface area (Å²) in [4.78, 5) is 17.7. The van der Waals surface area contributed by atoms with Gasteiger partial charge in [-0.05, 0) is 30.5 Å². The zero-order chi connectivity index (χ0) is 19.4. The molecule has 0 aliphatic carbocycles. The molecule has 4 rings (SSSR count). The van der Waals surface area contributed by atoms with E-state index in [0.717, 1.165) is 24.2 Å². The summed E-state index contributed by atoms with van der Waals surface area (Å²) >= 11 is 0. The number of hydrogen-bond acceptors (Lipinski definition) is 3. The highest BCUT2D eigenvalue weighted by Gasteiger charge is 2.37. The van der Waals surface area contributed by atoms with E-state index in [4.69, 9.17) is 4.74 Å². The lowest BCUT2D eigenvalue weighted by atomic mass is 9.85.